The van der Waals surface area contributed by atoms with Gasteiger partial charge in [-0.25, -0.2) is 0 Å². The second kappa shape index (κ2) is 8.75. The first-order valence-corrected chi connectivity index (χ1v) is 10.1. The maximum atomic E-state index is 11.3. The topological polar surface area (TPSA) is 46.5 Å². The Balaban J connectivity index is 1.48. The van der Waals surface area contributed by atoms with Gasteiger partial charge in [-0.1, -0.05) is 18.2 Å². The van der Waals surface area contributed by atoms with Crippen LogP contribution in [-0.4, -0.2) is 18.2 Å². The van der Waals surface area contributed by atoms with E-state index in [1.807, 2.05) is 0 Å². The lowest BCUT2D eigenvalue weighted by molar-refractivity contribution is -0.142. The fraction of sp³-hybridized carbons (Fsp3) is 0.609. The molecule has 3 rings (SSSR count). The summed E-state index contributed by atoms with van der Waals surface area (Å²) in [5.41, 5.74) is 1.45. The van der Waals surface area contributed by atoms with Crippen LogP contribution in [0.5, 0.6) is 5.75 Å². The molecule has 0 spiro atoms. The molecule has 1 N–H and O–H groups in total. The summed E-state index contributed by atoms with van der Waals surface area (Å²) in [6.07, 6.45) is 11.3. The minimum Gasteiger partial charge on any atom is -0.497 e. The molecular weight excluding hydrogens is 324 g/mol. The third-order valence-electron chi connectivity index (χ3n) is 6.89. The van der Waals surface area contributed by atoms with E-state index in [9.17, 15) is 9.90 Å². The van der Waals surface area contributed by atoms with Crippen LogP contribution in [-0.2, 0) is 4.79 Å². The van der Waals surface area contributed by atoms with E-state index in [0.29, 0.717) is 5.92 Å². The van der Waals surface area contributed by atoms with Crippen LogP contribution in [0.2, 0.25) is 0 Å². The van der Waals surface area contributed by atoms with Crippen LogP contribution in [0.25, 0.3) is 0 Å². The van der Waals surface area contributed by atoms with Crippen LogP contribution >= 0.6 is 0 Å². The first-order valence-electron chi connectivity index (χ1n) is 10.1. The normalized spacial score (nSPS) is 30.3. The average molecular weight is 357 g/mol. The van der Waals surface area contributed by atoms with E-state index in [1.54, 1.807) is 13.2 Å². The number of ether oxygens (including phenoxy) is 1. The number of rotatable bonds is 6. The zero-order valence-corrected chi connectivity index (χ0v) is 15.9. The van der Waals surface area contributed by atoms with Crippen molar-refractivity contribution in [1.82, 2.24) is 0 Å². The SMILES string of the molecule is C=CC(C(=O)O)C1CCC([C@H]2CC[C@H](c3ccc(OC)cc3)CC2)CC1. The highest BCUT2D eigenvalue weighted by Crippen LogP contribution is 2.45. The Morgan fingerprint density at radius 3 is 2.04 bits per heavy atom. The molecule has 3 nitrogen and oxygen atoms in total. The van der Waals surface area contributed by atoms with Gasteiger partial charge in [-0.15, -0.1) is 6.58 Å². The van der Waals surface area contributed by atoms with Crippen LogP contribution < -0.4 is 4.74 Å². The van der Waals surface area contributed by atoms with Crippen LogP contribution in [0.15, 0.2) is 36.9 Å². The van der Waals surface area contributed by atoms with Crippen LogP contribution in [0.4, 0.5) is 0 Å². The number of carboxylic acids is 1. The van der Waals surface area contributed by atoms with Gasteiger partial charge in [-0.3, -0.25) is 4.79 Å². The van der Waals surface area contributed by atoms with Crippen molar-refractivity contribution in [3.05, 3.63) is 42.5 Å². The molecule has 2 aliphatic carbocycles. The monoisotopic (exact) mass is 356 g/mol. The molecule has 1 unspecified atom stereocenters. The predicted octanol–water partition coefficient (Wildman–Crippen LogP) is 5.66. The molecule has 2 aliphatic rings. The number of carboxylic acid groups (broad SMARTS) is 1. The number of hydrogen-bond acceptors (Lipinski definition) is 2. The number of hydrogen-bond donors (Lipinski definition) is 1. The summed E-state index contributed by atoms with van der Waals surface area (Å²) in [5, 5.41) is 9.33. The van der Waals surface area contributed by atoms with E-state index < -0.39 is 5.97 Å². The van der Waals surface area contributed by atoms with Gasteiger partial charge in [0.05, 0.1) is 13.0 Å². The van der Waals surface area contributed by atoms with Crippen molar-refractivity contribution in [2.24, 2.45) is 23.7 Å². The molecule has 2 fully saturated rings. The molecule has 0 aromatic heterocycles. The van der Waals surface area contributed by atoms with Crippen molar-refractivity contribution in [1.29, 1.82) is 0 Å². The fourth-order valence-corrected chi connectivity index (χ4v) is 5.27. The number of benzene rings is 1. The van der Waals surface area contributed by atoms with Gasteiger partial charge >= 0.3 is 5.97 Å². The lowest BCUT2D eigenvalue weighted by Gasteiger charge is -2.38. The van der Waals surface area contributed by atoms with Gasteiger partial charge in [0, 0.05) is 0 Å². The lowest BCUT2D eigenvalue weighted by Crippen LogP contribution is -2.30. The van der Waals surface area contributed by atoms with E-state index in [-0.39, 0.29) is 11.8 Å². The standard InChI is InChI=1S/C23H32O3/c1-3-22(23(24)25)20-10-8-18(9-11-20)16-4-6-17(7-5-16)19-12-14-21(26-2)15-13-19/h3,12-18,20,22H,1,4-11H2,2H3,(H,24,25)/t16-,17-,18?,20?,22?. The van der Waals surface area contributed by atoms with Crippen LogP contribution in [0, 0.1) is 23.7 Å². The Bertz CT molecular complexity index is 590. The predicted molar refractivity (Wildman–Crippen MR) is 104 cm³/mol. The molecular formula is C23H32O3. The quantitative estimate of drug-likeness (QED) is 0.669. The third kappa shape index (κ3) is 4.31. The molecule has 1 aromatic carbocycles. The van der Waals surface area contributed by atoms with Crippen LogP contribution in [0.1, 0.15) is 62.8 Å². The Labute approximate surface area is 157 Å². The van der Waals surface area contributed by atoms with Crippen molar-refractivity contribution in [2.75, 3.05) is 7.11 Å². The van der Waals surface area contributed by atoms with Crippen LogP contribution in [0.3, 0.4) is 0 Å². The molecule has 0 heterocycles. The summed E-state index contributed by atoms with van der Waals surface area (Å²) in [5.74, 6) is 2.46. The molecule has 3 heteroatoms. The fourth-order valence-electron chi connectivity index (χ4n) is 5.27. The van der Waals surface area contributed by atoms with Gasteiger partial charge in [-0.05, 0) is 92.7 Å². The minimum absolute atomic E-state index is 0.289. The smallest absolute Gasteiger partial charge is 0.310 e. The number of aliphatic carboxylic acids is 1. The number of methoxy groups -OCH3 is 1. The Morgan fingerprint density at radius 2 is 1.58 bits per heavy atom. The third-order valence-corrected chi connectivity index (χ3v) is 6.89. The zero-order chi connectivity index (χ0) is 18.5. The van der Waals surface area contributed by atoms with E-state index in [4.69, 9.17) is 4.74 Å². The highest BCUT2D eigenvalue weighted by Gasteiger charge is 2.34. The molecule has 0 amide bonds. The summed E-state index contributed by atoms with van der Waals surface area (Å²) in [6, 6.07) is 8.58. The molecule has 26 heavy (non-hydrogen) atoms. The first kappa shape index (κ1) is 19.0. The van der Waals surface area contributed by atoms with Gasteiger partial charge in [-0.2, -0.15) is 0 Å². The summed E-state index contributed by atoms with van der Waals surface area (Å²) in [4.78, 5) is 11.3. The van der Waals surface area contributed by atoms with Crippen molar-refractivity contribution < 1.29 is 14.6 Å². The van der Waals surface area contributed by atoms with E-state index >= 15 is 0 Å². The largest absolute Gasteiger partial charge is 0.497 e. The van der Waals surface area contributed by atoms with Crippen molar-refractivity contribution in [3.63, 3.8) is 0 Å². The van der Waals surface area contributed by atoms with Gasteiger partial charge < -0.3 is 9.84 Å². The maximum absolute atomic E-state index is 11.3. The average Bonchev–Trinajstić information content (AvgIpc) is 2.69. The summed E-state index contributed by atoms with van der Waals surface area (Å²) < 4.78 is 5.26. The van der Waals surface area contributed by atoms with Gasteiger partial charge in [0.15, 0.2) is 0 Å². The summed E-state index contributed by atoms with van der Waals surface area (Å²) in [7, 11) is 1.71. The molecule has 0 radical (unpaired) electrons. The molecule has 2 saturated carbocycles. The highest BCUT2D eigenvalue weighted by atomic mass is 16.5. The van der Waals surface area contributed by atoms with Crippen molar-refractivity contribution in [2.45, 2.75) is 57.3 Å². The molecule has 0 bridgehead atoms. The summed E-state index contributed by atoms with van der Waals surface area (Å²) >= 11 is 0. The highest BCUT2D eigenvalue weighted by molar-refractivity contribution is 5.72. The van der Waals surface area contributed by atoms with Gasteiger partial charge in [0.2, 0.25) is 0 Å². The second-order valence-electron chi connectivity index (χ2n) is 8.16. The molecule has 1 aromatic rings. The van der Waals surface area contributed by atoms with E-state index in [0.717, 1.165) is 30.4 Å². The molecule has 142 valence electrons. The van der Waals surface area contributed by atoms with E-state index in [1.165, 1.54) is 44.1 Å². The number of carbonyl (C=O) groups is 1. The Hall–Kier alpha value is -1.77. The Kier molecular flexibility index (Phi) is 6.39. The molecule has 0 aliphatic heterocycles. The first-order chi connectivity index (χ1) is 12.6. The van der Waals surface area contributed by atoms with Crippen molar-refractivity contribution >= 4 is 5.97 Å². The summed E-state index contributed by atoms with van der Waals surface area (Å²) in [6.45, 7) is 3.73. The zero-order valence-electron chi connectivity index (χ0n) is 15.9. The van der Waals surface area contributed by atoms with Gasteiger partial charge in [0.1, 0.15) is 5.75 Å². The van der Waals surface area contributed by atoms with Crippen molar-refractivity contribution in [3.8, 4) is 5.75 Å². The molecule has 0 saturated heterocycles. The molecule has 1 atom stereocenters. The van der Waals surface area contributed by atoms with Gasteiger partial charge in [0.25, 0.3) is 0 Å². The van der Waals surface area contributed by atoms with E-state index in [2.05, 4.69) is 30.8 Å². The maximum Gasteiger partial charge on any atom is 0.310 e. The minimum atomic E-state index is -0.705. The Morgan fingerprint density at radius 1 is 1.04 bits per heavy atom. The lowest BCUT2D eigenvalue weighted by atomic mass is 9.67. The second-order valence-corrected chi connectivity index (χ2v) is 8.16.